The van der Waals surface area contributed by atoms with Crippen molar-refractivity contribution in [2.45, 2.75) is 39.8 Å². The molecule has 0 aliphatic heterocycles. The standard InChI is InChI=1S/C14H19FN4/c1-10-5-6-11(7-13(10)15)16-8-12-9-19(18-17-12)14(2,3)4/h5-7,9,16H,8H2,1-4H3. The summed E-state index contributed by atoms with van der Waals surface area (Å²) in [6, 6.07) is 5.10. The predicted molar refractivity (Wildman–Crippen MR) is 73.5 cm³/mol. The lowest BCUT2D eigenvalue weighted by molar-refractivity contribution is 0.347. The maximum absolute atomic E-state index is 13.4. The number of benzene rings is 1. The van der Waals surface area contributed by atoms with E-state index in [2.05, 4.69) is 36.4 Å². The third-order valence-corrected chi connectivity index (χ3v) is 2.87. The zero-order valence-corrected chi connectivity index (χ0v) is 11.7. The molecular weight excluding hydrogens is 243 g/mol. The molecule has 4 nitrogen and oxygen atoms in total. The van der Waals surface area contributed by atoms with Gasteiger partial charge in [-0.25, -0.2) is 9.07 Å². The van der Waals surface area contributed by atoms with Crippen LogP contribution in [0.5, 0.6) is 0 Å². The molecule has 0 radical (unpaired) electrons. The van der Waals surface area contributed by atoms with E-state index in [0.717, 1.165) is 11.4 Å². The molecule has 1 aromatic carbocycles. The van der Waals surface area contributed by atoms with E-state index in [0.29, 0.717) is 12.1 Å². The molecule has 2 aromatic rings. The molecule has 0 spiro atoms. The fraction of sp³-hybridized carbons (Fsp3) is 0.429. The minimum atomic E-state index is -0.205. The zero-order valence-electron chi connectivity index (χ0n) is 11.7. The smallest absolute Gasteiger partial charge is 0.128 e. The first-order chi connectivity index (χ1) is 8.86. The Morgan fingerprint density at radius 1 is 1.32 bits per heavy atom. The Morgan fingerprint density at radius 2 is 2.05 bits per heavy atom. The highest BCUT2D eigenvalue weighted by Gasteiger charge is 2.14. The highest BCUT2D eigenvalue weighted by molar-refractivity contribution is 5.45. The maximum atomic E-state index is 13.4. The lowest BCUT2D eigenvalue weighted by Crippen LogP contribution is -2.22. The number of anilines is 1. The maximum Gasteiger partial charge on any atom is 0.128 e. The number of aromatic nitrogens is 3. The minimum absolute atomic E-state index is 0.0821. The Bertz CT molecular complexity index is 569. The third kappa shape index (κ3) is 3.30. The van der Waals surface area contributed by atoms with Gasteiger partial charge in [-0.2, -0.15) is 0 Å². The largest absolute Gasteiger partial charge is 0.379 e. The van der Waals surface area contributed by atoms with Gasteiger partial charge in [0, 0.05) is 5.69 Å². The fourth-order valence-corrected chi connectivity index (χ4v) is 1.60. The first-order valence-corrected chi connectivity index (χ1v) is 6.28. The van der Waals surface area contributed by atoms with Crippen LogP contribution in [-0.2, 0) is 12.1 Å². The van der Waals surface area contributed by atoms with Crippen LogP contribution < -0.4 is 5.32 Å². The van der Waals surface area contributed by atoms with Crippen LogP contribution in [0.1, 0.15) is 32.0 Å². The van der Waals surface area contributed by atoms with Crippen molar-refractivity contribution in [3.63, 3.8) is 0 Å². The molecule has 0 atom stereocenters. The number of nitrogens with zero attached hydrogens (tertiary/aromatic N) is 3. The van der Waals surface area contributed by atoms with Crippen LogP contribution in [0, 0.1) is 12.7 Å². The average molecular weight is 262 g/mol. The molecule has 0 bridgehead atoms. The Morgan fingerprint density at radius 3 is 2.63 bits per heavy atom. The molecule has 1 heterocycles. The normalized spacial score (nSPS) is 11.6. The Kier molecular flexibility index (Phi) is 3.55. The highest BCUT2D eigenvalue weighted by Crippen LogP contribution is 2.15. The summed E-state index contributed by atoms with van der Waals surface area (Å²) in [7, 11) is 0. The van der Waals surface area contributed by atoms with E-state index in [1.54, 1.807) is 13.0 Å². The molecule has 1 aromatic heterocycles. The molecule has 2 rings (SSSR count). The van der Waals surface area contributed by atoms with E-state index in [4.69, 9.17) is 0 Å². The van der Waals surface area contributed by atoms with E-state index < -0.39 is 0 Å². The minimum Gasteiger partial charge on any atom is -0.379 e. The summed E-state index contributed by atoms with van der Waals surface area (Å²) in [5, 5.41) is 11.3. The summed E-state index contributed by atoms with van der Waals surface area (Å²) < 4.78 is 15.2. The first kappa shape index (κ1) is 13.5. The van der Waals surface area contributed by atoms with E-state index >= 15 is 0 Å². The van der Waals surface area contributed by atoms with Gasteiger partial charge < -0.3 is 5.32 Å². The van der Waals surface area contributed by atoms with Gasteiger partial charge in [-0.1, -0.05) is 11.3 Å². The van der Waals surface area contributed by atoms with Crippen molar-refractivity contribution >= 4 is 5.69 Å². The van der Waals surface area contributed by atoms with E-state index in [1.807, 2.05) is 16.9 Å². The van der Waals surface area contributed by atoms with Crippen molar-refractivity contribution < 1.29 is 4.39 Å². The average Bonchev–Trinajstić information content (AvgIpc) is 2.79. The third-order valence-electron chi connectivity index (χ3n) is 2.87. The van der Waals surface area contributed by atoms with Crippen molar-refractivity contribution in [3.05, 3.63) is 41.5 Å². The summed E-state index contributed by atoms with van der Waals surface area (Å²) in [6.45, 7) is 8.46. The quantitative estimate of drug-likeness (QED) is 0.924. The van der Waals surface area contributed by atoms with Gasteiger partial charge in [0.05, 0.1) is 18.3 Å². The number of rotatable bonds is 3. The molecule has 0 saturated heterocycles. The van der Waals surface area contributed by atoms with Crippen LogP contribution in [0.2, 0.25) is 0 Å². The van der Waals surface area contributed by atoms with E-state index in [-0.39, 0.29) is 11.4 Å². The van der Waals surface area contributed by atoms with Gasteiger partial charge >= 0.3 is 0 Å². The Labute approximate surface area is 112 Å². The highest BCUT2D eigenvalue weighted by atomic mass is 19.1. The van der Waals surface area contributed by atoms with Gasteiger partial charge in [0.25, 0.3) is 0 Å². The van der Waals surface area contributed by atoms with Crippen molar-refractivity contribution in [3.8, 4) is 0 Å². The number of hydrogen-bond acceptors (Lipinski definition) is 3. The van der Waals surface area contributed by atoms with E-state index in [9.17, 15) is 4.39 Å². The van der Waals surface area contributed by atoms with Crippen LogP contribution in [-0.4, -0.2) is 15.0 Å². The monoisotopic (exact) mass is 262 g/mol. The van der Waals surface area contributed by atoms with Crippen LogP contribution in [0.3, 0.4) is 0 Å². The molecule has 0 saturated carbocycles. The van der Waals surface area contributed by atoms with Gasteiger partial charge in [0.1, 0.15) is 11.5 Å². The SMILES string of the molecule is Cc1ccc(NCc2cn(C(C)(C)C)nn2)cc1F. The van der Waals surface area contributed by atoms with Crippen molar-refractivity contribution in [2.75, 3.05) is 5.32 Å². The topological polar surface area (TPSA) is 42.7 Å². The summed E-state index contributed by atoms with van der Waals surface area (Å²) in [4.78, 5) is 0. The number of hydrogen-bond donors (Lipinski definition) is 1. The van der Waals surface area contributed by atoms with E-state index in [1.165, 1.54) is 6.07 Å². The number of halogens is 1. The summed E-state index contributed by atoms with van der Waals surface area (Å²) >= 11 is 0. The molecule has 0 aliphatic rings. The van der Waals surface area contributed by atoms with Crippen molar-refractivity contribution in [1.82, 2.24) is 15.0 Å². The Balaban J connectivity index is 2.02. The second-order valence-electron chi connectivity index (χ2n) is 5.64. The van der Waals surface area contributed by atoms with Crippen LogP contribution in [0.4, 0.5) is 10.1 Å². The van der Waals surface area contributed by atoms with Crippen LogP contribution >= 0.6 is 0 Å². The lowest BCUT2D eigenvalue weighted by Gasteiger charge is -2.17. The van der Waals surface area contributed by atoms with Gasteiger partial charge in [0.2, 0.25) is 0 Å². The van der Waals surface area contributed by atoms with Crippen LogP contribution in [0.25, 0.3) is 0 Å². The van der Waals surface area contributed by atoms with Crippen LogP contribution in [0.15, 0.2) is 24.4 Å². The fourth-order valence-electron chi connectivity index (χ4n) is 1.60. The second kappa shape index (κ2) is 4.99. The molecule has 0 fully saturated rings. The molecule has 1 N–H and O–H groups in total. The predicted octanol–water partition coefficient (Wildman–Crippen LogP) is 3.09. The van der Waals surface area contributed by atoms with Gasteiger partial charge in [-0.3, -0.25) is 0 Å². The zero-order chi connectivity index (χ0) is 14.0. The van der Waals surface area contributed by atoms with Gasteiger partial charge in [-0.15, -0.1) is 5.10 Å². The second-order valence-corrected chi connectivity index (χ2v) is 5.64. The molecule has 0 amide bonds. The molecule has 0 aliphatic carbocycles. The molecule has 0 unspecified atom stereocenters. The lowest BCUT2D eigenvalue weighted by atomic mass is 10.1. The summed E-state index contributed by atoms with van der Waals surface area (Å²) in [5.74, 6) is -0.205. The molecular formula is C14H19FN4. The van der Waals surface area contributed by atoms with Crippen molar-refractivity contribution in [1.29, 1.82) is 0 Å². The molecule has 102 valence electrons. The summed E-state index contributed by atoms with van der Waals surface area (Å²) in [6.07, 6.45) is 1.90. The molecule has 19 heavy (non-hydrogen) atoms. The molecule has 5 heteroatoms. The van der Waals surface area contributed by atoms with Gasteiger partial charge in [0.15, 0.2) is 0 Å². The summed E-state index contributed by atoms with van der Waals surface area (Å²) in [5.41, 5.74) is 2.13. The number of nitrogens with one attached hydrogen (secondary N) is 1. The van der Waals surface area contributed by atoms with Gasteiger partial charge in [-0.05, 0) is 45.4 Å². The Hall–Kier alpha value is -1.91. The number of aryl methyl sites for hydroxylation is 1. The van der Waals surface area contributed by atoms with Crippen molar-refractivity contribution in [2.24, 2.45) is 0 Å². The first-order valence-electron chi connectivity index (χ1n) is 6.28.